The molecular formula is C21H27N3O4S. The summed E-state index contributed by atoms with van der Waals surface area (Å²) in [6.45, 7) is 7.31. The van der Waals surface area contributed by atoms with Crippen LogP contribution in [0.4, 0.5) is 5.69 Å². The molecule has 0 radical (unpaired) electrons. The van der Waals surface area contributed by atoms with Gasteiger partial charge in [0.15, 0.2) is 0 Å². The van der Waals surface area contributed by atoms with E-state index in [1.165, 1.54) is 24.3 Å². The Bertz CT molecular complexity index is 972. The molecule has 8 heteroatoms. The molecule has 0 spiro atoms. The highest BCUT2D eigenvalue weighted by Gasteiger charge is 2.20. The topological polar surface area (TPSA) is 104 Å². The minimum absolute atomic E-state index is 0.00294. The molecule has 29 heavy (non-hydrogen) atoms. The van der Waals surface area contributed by atoms with Crippen LogP contribution in [-0.4, -0.2) is 32.3 Å². The van der Waals surface area contributed by atoms with Crippen molar-refractivity contribution in [2.24, 2.45) is 0 Å². The summed E-state index contributed by atoms with van der Waals surface area (Å²) in [5.74, 6) is -0.818. The molecule has 7 nitrogen and oxygen atoms in total. The molecule has 2 rings (SSSR count). The van der Waals surface area contributed by atoms with E-state index in [-0.39, 0.29) is 22.4 Å². The summed E-state index contributed by atoms with van der Waals surface area (Å²) in [7, 11) is -3.86. The van der Waals surface area contributed by atoms with E-state index in [0.717, 1.165) is 12.0 Å². The van der Waals surface area contributed by atoms with E-state index in [9.17, 15) is 18.0 Å². The number of aryl methyl sites for hydroxylation is 1. The molecule has 156 valence electrons. The van der Waals surface area contributed by atoms with Gasteiger partial charge in [0.05, 0.1) is 4.90 Å². The number of sulfonamides is 1. The first-order valence-corrected chi connectivity index (χ1v) is 10.9. The van der Waals surface area contributed by atoms with Gasteiger partial charge in [-0.15, -0.1) is 0 Å². The van der Waals surface area contributed by atoms with Crippen molar-refractivity contribution in [2.75, 3.05) is 4.72 Å². The molecule has 2 amide bonds. The molecule has 0 aromatic heterocycles. The molecule has 2 aromatic rings. The molecular weight excluding hydrogens is 390 g/mol. The van der Waals surface area contributed by atoms with Gasteiger partial charge >= 0.3 is 0 Å². The Morgan fingerprint density at radius 3 is 2.28 bits per heavy atom. The van der Waals surface area contributed by atoms with Gasteiger partial charge in [-0.05, 0) is 57.5 Å². The predicted octanol–water partition coefficient (Wildman–Crippen LogP) is 2.83. The third-order valence-corrected chi connectivity index (χ3v) is 5.83. The lowest BCUT2D eigenvalue weighted by Gasteiger charge is -2.17. The minimum Gasteiger partial charge on any atom is -0.352 e. The van der Waals surface area contributed by atoms with Crippen molar-refractivity contribution in [2.45, 2.75) is 51.1 Å². The summed E-state index contributed by atoms with van der Waals surface area (Å²) in [4.78, 5) is 24.5. The lowest BCUT2D eigenvalue weighted by atomic mass is 10.2. The van der Waals surface area contributed by atoms with Crippen molar-refractivity contribution >= 4 is 27.5 Å². The fourth-order valence-corrected chi connectivity index (χ4v) is 3.56. The number of carbonyl (C=O) groups excluding carboxylic acids is 2. The molecule has 0 bridgehead atoms. The van der Waals surface area contributed by atoms with Gasteiger partial charge in [-0.25, -0.2) is 8.42 Å². The molecule has 3 N–H and O–H groups in total. The summed E-state index contributed by atoms with van der Waals surface area (Å²) in [5, 5.41) is 5.39. The van der Waals surface area contributed by atoms with E-state index in [2.05, 4.69) is 15.4 Å². The number of carbonyl (C=O) groups is 2. The van der Waals surface area contributed by atoms with Crippen molar-refractivity contribution in [1.82, 2.24) is 10.6 Å². The second kappa shape index (κ2) is 9.56. The van der Waals surface area contributed by atoms with Gasteiger partial charge in [-0.2, -0.15) is 0 Å². The third-order valence-electron chi connectivity index (χ3n) is 4.45. The quantitative estimate of drug-likeness (QED) is 0.614. The summed E-state index contributed by atoms with van der Waals surface area (Å²) in [6, 6.07) is 11.9. The number of benzene rings is 2. The molecule has 0 aliphatic rings. The van der Waals surface area contributed by atoms with Crippen LogP contribution in [0, 0.1) is 6.92 Å². The Morgan fingerprint density at radius 2 is 1.66 bits per heavy atom. The largest absolute Gasteiger partial charge is 0.352 e. The normalized spacial score (nSPS) is 13.2. The fraction of sp³-hybridized carbons (Fsp3) is 0.333. The lowest BCUT2D eigenvalue weighted by Crippen LogP contribution is -2.47. The summed E-state index contributed by atoms with van der Waals surface area (Å²) >= 11 is 0. The minimum atomic E-state index is -3.86. The van der Waals surface area contributed by atoms with Crippen molar-refractivity contribution in [3.63, 3.8) is 0 Å². The van der Waals surface area contributed by atoms with Gasteiger partial charge in [-0.3, -0.25) is 14.3 Å². The Hall–Kier alpha value is -2.87. The maximum absolute atomic E-state index is 12.6. The van der Waals surface area contributed by atoms with Gasteiger partial charge < -0.3 is 10.6 Å². The highest BCUT2D eigenvalue weighted by Crippen LogP contribution is 2.18. The maximum atomic E-state index is 12.6. The van der Waals surface area contributed by atoms with Gasteiger partial charge in [0, 0.05) is 17.3 Å². The number of nitrogens with one attached hydrogen (secondary N) is 3. The highest BCUT2D eigenvalue weighted by atomic mass is 32.2. The second-order valence-electron chi connectivity index (χ2n) is 7.01. The molecule has 0 heterocycles. The first-order chi connectivity index (χ1) is 13.6. The van der Waals surface area contributed by atoms with E-state index in [0.29, 0.717) is 5.69 Å². The predicted molar refractivity (Wildman–Crippen MR) is 113 cm³/mol. The van der Waals surface area contributed by atoms with E-state index in [1.807, 2.05) is 20.8 Å². The van der Waals surface area contributed by atoms with Gasteiger partial charge in [0.1, 0.15) is 6.04 Å². The summed E-state index contributed by atoms with van der Waals surface area (Å²) < 4.78 is 27.8. The molecule has 0 saturated carbocycles. The fourth-order valence-electron chi connectivity index (χ4n) is 2.46. The zero-order valence-corrected chi connectivity index (χ0v) is 17.8. The SMILES string of the molecule is CCC(C)NC(=O)C(C)NC(=O)c1cccc(S(=O)(=O)Nc2ccc(C)cc2)c1. The number of anilines is 1. The van der Waals surface area contributed by atoms with Crippen molar-refractivity contribution in [3.8, 4) is 0 Å². The van der Waals surface area contributed by atoms with E-state index in [4.69, 9.17) is 0 Å². The van der Waals surface area contributed by atoms with Crippen LogP contribution in [0.1, 0.15) is 43.1 Å². The van der Waals surface area contributed by atoms with Crippen molar-refractivity contribution in [3.05, 3.63) is 59.7 Å². The molecule has 2 aromatic carbocycles. The van der Waals surface area contributed by atoms with Crippen LogP contribution in [0.5, 0.6) is 0 Å². The van der Waals surface area contributed by atoms with Crippen LogP contribution in [0.3, 0.4) is 0 Å². The van der Waals surface area contributed by atoms with Crippen LogP contribution >= 0.6 is 0 Å². The summed E-state index contributed by atoms with van der Waals surface area (Å²) in [6.07, 6.45) is 0.778. The summed E-state index contributed by atoms with van der Waals surface area (Å²) in [5.41, 5.74) is 1.60. The van der Waals surface area contributed by atoms with Crippen LogP contribution in [0.15, 0.2) is 53.4 Å². The average Bonchev–Trinajstić information content (AvgIpc) is 2.69. The molecule has 0 fully saturated rings. The van der Waals surface area contributed by atoms with Gasteiger partial charge in [-0.1, -0.05) is 30.7 Å². The Balaban J connectivity index is 2.12. The average molecular weight is 418 g/mol. The third kappa shape index (κ3) is 6.32. The van der Waals surface area contributed by atoms with Crippen LogP contribution in [0.2, 0.25) is 0 Å². The first-order valence-electron chi connectivity index (χ1n) is 9.43. The number of amides is 2. The standard InChI is InChI=1S/C21H27N3O4S/c1-5-15(3)22-20(25)16(4)23-21(26)17-7-6-8-19(13-17)29(27,28)24-18-11-9-14(2)10-12-18/h6-13,15-16,24H,5H2,1-4H3,(H,22,25)(H,23,26). The van der Waals surface area contributed by atoms with Crippen molar-refractivity contribution in [1.29, 1.82) is 0 Å². The molecule has 2 atom stereocenters. The monoisotopic (exact) mass is 417 g/mol. The van der Waals surface area contributed by atoms with Crippen molar-refractivity contribution < 1.29 is 18.0 Å². The molecule has 0 aliphatic heterocycles. The Morgan fingerprint density at radius 1 is 1.00 bits per heavy atom. The van der Waals surface area contributed by atoms with E-state index in [1.54, 1.807) is 31.2 Å². The number of hydrogen-bond acceptors (Lipinski definition) is 4. The lowest BCUT2D eigenvalue weighted by molar-refractivity contribution is -0.123. The van der Waals surface area contributed by atoms with Gasteiger partial charge in [0.25, 0.3) is 15.9 Å². The molecule has 0 saturated heterocycles. The van der Waals surface area contributed by atoms with E-state index >= 15 is 0 Å². The maximum Gasteiger partial charge on any atom is 0.261 e. The second-order valence-corrected chi connectivity index (χ2v) is 8.69. The zero-order valence-electron chi connectivity index (χ0n) is 17.0. The Labute approximate surface area is 172 Å². The van der Waals surface area contributed by atoms with Gasteiger partial charge in [0.2, 0.25) is 5.91 Å². The number of rotatable bonds is 8. The van der Waals surface area contributed by atoms with Crippen LogP contribution < -0.4 is 15.4 Å². The zero-order chi connectivity index (χ0) is 21.6. The van der Waals surface area contributed by atoms with Crippen LogP contribution in [-0.2, 0) is 14.8 Å². The molecule has 0 aliphatic carbocycles. The van der Waals surface area contributed by atoms with Crippen LogP contribution in [0.25, 0.3) is 0 Å². The highest BCUT2D eigenvalue weighted by molar-refractivity contribution is 7.92. The smallest absolute Gasteiger partial charge is 0.261 e. The van der Waals surface area contributed by atoms with E-state index < -0.39 is 22.0 Å². The number of hydrogen-bond donors (Lipinski definition) is 3. The molecule has 2 unspecified atom stereocenters. The first kappa shape index (κ1) is 22.4. The Kier molecular flexibility index (Phi) is 7.39.